The van der Waals surface area contributed by atoms with Gasteiger partial charge in [-0.3, -0.25) is 4.99 Å². The Morgan fingerprint density at radius 1 is 1.37 bits per heavy atom. The molecule has 1 aromatic rings. The minimum atomic E-state index is -0.881. The molecule has 0 fully saturated rings. The average molecular weight is 273 g/mol. The van der Waals surface area contributed by atoms with Crippen LogP contribution in [0.2, 0.25) is 0 Å². The summed E-state index contributed by atoms with van der Waals surface area (Å²) < 4.78 is 5.05. The van der Waals surface area contributed by atoms with Crippen LogP contribution in [-0.2, 0) is 4.79 Å². The first-order valence-corrected chi connectivity index (χ1v) is 5.93. The van der Waals surface area contributed by atoms with E-state index >= 15 is 0 Å². The van der Waals surface area contributed by atoms with Crippen LogP contribution in [0.3, 0.4) is 0 Å². The number of nitrogens with zero attached hydrogens (tertiary/aromatic N) is 1. The van der Waals surface area contributed by atoms with Gasteiger partial charge in [0.2, 0.25) is 0 Å². The number of aliphatic imine (C=N–C) groups is 1. The molecule has 0 aliphatic rings. The van der Waals surface area contributed by atoms with Crippen LogP contribution >= 0.6 is 0 Å². The van der Waals surface area contributed by atoms with Crippen molar-refractivity contribution in [2.45, 2.75) is 26.3 Å². The van der Waals surface area contributed by atoms with Gasteiger partial charge in [-0.2, -0.15) is 0 Å². The van der Waals surface area contributed by atoms with Gasteiger partial charge in [-0.25, -0.2) is 4.79 Å². The fraction of sp³-hybridized carbons (Fsp3) is 0.429. The zero-order valence-electron chi connectivity index (χ0n) is 11.0. The Labute approximate surface area is 136 Å². The minimum absolute atomic E-state index is 0. The molecule has 0 spiro atoms. The van der Waals surface area contributed by atoms with Crippen molar-refractivity contribution >= 4 is 41.7 Å². The molecule has 0 bridgehead atoms. The fourth-order valence-corrected chi connectivity index (χ4v) is 1.54. The van der Waals surface area contributed by atoms with Crippen molar-refractivity contribution in [3.05, 3.63) is 29.8 Å². The topological polar surface area (TPSA) is 58.9 Å². The van der Waals surface area contributed by atoms with Gasteiger partial charge in [0.05, 0.1) is 7.11 Å². The molecule has 0 aliphatic carbocycles. The van der Waals surface area contributed by atoms with Crippen LogP contribution in [0.25, 0.3) is 0 Å². The molecule has 0 aromatic heterocycles. The van der Waals surface area contributed by atoms with Crippen molar-refractivity contribution < 1.29 is 14.6 Å². The normalized spacial score (nSPS) is 12.2. The second-order valence-electron chi connectivity index (χ2n) is 4.53. The molecule has 0 saturated heterocycles. The molecule has 1 aromatic carbocycles. The molecular formula is C14H20NNaO3. The summed E-state index contributed by atoms with van der Waals surface area (Å²) in [5, 5.41) is 9.05. The van der Waals surface area contributed by atoms with Crippen LogP contribution in [0.1, 0.15) is 25.8 Å². The predicted molar refractivity (Wildman–Crippen MR) is 78.6 cm³/mol. The van der Waals surface area contributed by atoms with Crippen molar-refractivity contribution in [2.24, 2.45) is 10.9 Å². The second-order valence-corrected chi connectivity index (χ2v) is 4.53. The molecule has 4 nitrogen and oxygen atoms in total. The molecule has 19 heavy (non-hydrogen) atoms. The van der Waals surface area contributed by atoms with Crippen molar-refractivity contribution in [3.63, 3.8) is 0 Å². The molecule has 1 N–H and O–H groups in total. The molecule has 0 unspecified atom stereocenters. The van der Waals surface area contributed by atoms with Crippen molar-refractivity contribution in [3.8, 4) is 5.75 Å². The molecule has 0 amide bonds. The van der Waals surface area contributed by atoms with Crippen LogP contribution in [-0.4, -0.2) is 60.0 Å². The quantitative estimate of drug-likeness (QED) is 0.636. The van der Waals surface area contributed by atoms with Gasteiger partial charge in [0.15, 0.2) is 0 Å². The molecular weight excluding hydrogens is 253 g/mol. The van der Waals surface area contributed by atoms with Crippen LogP contribution < -0.4 is 4.74 Å². The standard InChI is InChI=1S/C14H19NO3.Na.H/c1-10(2)8-13(14(16)17)15-9-11-4-6-12(18-3)7-5-11;;/h4-7,9-10,13H,8H2,1-3H3,(H,16,17);;/t13-;;/m1../s1. The third kappa shape index (κ3) is 6.76. The van der Waals surface area contributed by atoms with Crippen molar-refractivity contribution in [1.29, 1.82) is 0 Å². The van der Waals surface area contributed by atoms with Crippen LogP contribution in [0.5, 0.6) is 5.75 Å². The number of rotatable bonds is 6. The number of carboxylic acids is 1. The Morgan fingerprint density at radius 3 is 2.37 bits per heavy atom. The van der Waals surface area contributed by atoms with Gasteiger partial charge < -0.3 is 9.84 Å². The Kier molecular flexibility index (Phi) is 8.72. The average Bonchev–Trinajstić information content (AvgIpc) is 2.34. The zero-order valence-corrected chi connectivity index (χ0v) is 11.0. The predicted octanol–water partition coefficient (Wildman–Crippen LogP) is 1.96. The van der Waals surface area contributed by atoms with Gasteiger partial charge in [-0.05, 0) is 42.2 Å². The first-order valence-electron chi connectivity index (χ1n) is 5.93. The van der Waals surface area contributed by atoms with E-state index in [-0.39, 0.29) is 29.6 Å². The Morgan fingerprint density at radius 2 is 1.95 bits per heavy atom. The maximum absolute atomic E-state index is 11.0. The summed E-state index contributed by atoms with van der Waals surface area (Å²) in [5.74, 6) is 0.191. The molecule has 5 heteroatoms. The first kappa shape index (κ1) is 18.2. The first-order chi connectivity index (χ1) is 8.52. The van der Waals surface area contributed by atoms with E-state index in [4.69, 9.17) is 9.84 Å². The van der Waals surface area contributed by atoms with Gasteiger partial charge in [-0.1, -0.05) is 13.8 Å². The zero-order chi connectivity index (χ0) is 13.5. The monoisotopic (exact) mass is 273 g/mol. The molecule has 0 heterocycles. The number of methoxy groups -OCH3 is 1. The van der Waals surface area contributed by atoms with E-state index in [1.165, 1.54) is 0 Å². The van der Waals surface area contributed by atoms with E-state index in [0.717, 1.165) is 11.3 Å². The number of carboxylic acid groups (broad SMARTS) is 1. The van der Waals surface area contributed by atoms with Crippen LogP contribution in [0.15, 0.2) is 29.3 Å². The summed E-state index contributed by atoms with van der Waals surface area (Å²) in [5.41, 5.74) is 0.866. The number of aliphatic carboxylic acids is 1. The van der Waals surface area contributed by atoms with E-state index in [1.807, 2.05) is 38.1 Å². The summed E-state index contributed by atoms with van der Waals surface area (Å²) in [6.45, 7) is 3.97. The molecule has 0 saturated carbocycles. The third-order valence-corrected chi connectivity index (χ3v) is 2.50. The van der Waals surface area contributed by atoms with Gasteiger partial charge in [0, 0.05) is 6.21 Å². The van der Waals surface area contributed by atoms with Crippen LogP contribution in [0, 0.1) is 5.92 Å². The summed E-state index contributed by atoms with van der Waals surface area (Å²) in [6.07, 6.45) is 2.14. The molecule has 0 aliphatic heterocycles. The van der Waals surface area contributed by atoms with E-state index < -0.39 is 12.0 Å². The van der Waals surface area contributed by atoms with E-state index in [9.17, 15) is 4.79 Å². The van der Waals surface area contributed by atoms with Gasteiger partial charge in [0.1, 0.15) is 11.8 Å². The fourth-order valence-electron chi connectivity index (χ4n) is 1.54. The van der Waals surface area contributed by atoms with Gasteiger partial charge in [-0.15, -0.1) is 0 Å². The Balaban J connectivity index is 0.00000324. The summed E-state index contributed by atoms with van der Waals surface area (Å²) in [6, 6.07) is 6.65. The molecule has 1 rings (SSSR count). The second kappa shape index (κ2) is 9.13. The SMILES string of the molecule is COc1ccc(C=N[C@H](CC(C)C)C(=O)O)cc1.[NaH]. The molecule has 0 radical (unpaired) electrons. The summed E-state index contributed by atoms with van der Waals surface area (Å²) >= 11 is 0. The van der Waals surface area contributed by atoms with E-state index in [2.05, 4.69) is 4.99 Å². The summed E-state index contributed by atoms with van der Waals surface area (Å²) in [7, 11) is 1.60. The number of hydrogen-bond donors (Lipinski definition) is 1. The van der Waals surface area contributed by atoms with Crippen molar-refractivity contribution in [1.82, 2.24) is 0 Å². The number of hydrogen-bond acceptors (Lipinski definition) is 3. The van der Waals surface area contributed by atoms with E-state index in [0.29, 0.717) is 12.3 Å². The van der Waals surface area contributed by atoms with Crippen molar-refractivity contribution in [2.75, 3.05) is 7.11 Å². The van der Waals surface area contributed by atoms with Gasteiger partial charge in [0.25, 0.3) is 0 Å². The molecule has 1 atom stereocenters. The Bertz CT molecular complexity index is 415. The number of benzene rings is 1. The Hall–Kier alpha value is -0.840. The number of ether oxygens (including phenoxy) is 1. The number of carbonyl (C=O) groups is 1. The molecule has 100 valence electrons. The summed E-state index contributed by atoms with van der Waals surface area (Å²) in [4.78, 5) is 15.1. The van der Waals surface area contributed by atoms with Crippen LogP contribution in [0.4, 0.5) is 0 Å². The van der Waals surface area contributed by atoms with E-state index in [1.54, 1.807) is 13.3 Å². The maximum atomic E-state index is 11.0. The van der Waals surface area contributed by atoms with Gasteiger partial charge >= 0.3 is 35.5 Å². The third-order valence-electron chi connectivity index (χ3n) is 2.50.